The molecule has 2 aliphatic rings. The van der Waals surface area contributed by atoms with Gasteiger partial charge in [0.15, 0.2) is 0 Å². The number of aryl methyl sites for hydroxylation is 1. The summed E-state index contributed by atoms with van der Waals surface area (Å²) in [5.41, 5.74) is 4.02. The summed E-state index contributed by atoms with van der Waals surface area (Å²) in [5, 5.41) is 2.80. The largest absolute Gasteiger partial charge is 0.330 e. The van der Waals surface area contributed by atoms with Crippen molar-refractivity contribution in [1.82, 2.24) is 19.8 Å². The number of nitrogens with zero attached hydrogens (tertiary/aromatic N) is 4. The van der Waals surface area contributed by atoms with Crippen LogP contribution in [-0.4, -0.2) is 51.2 Å². The van der Waals surface area contributed by atoms with Crippen molar-refractivity contribution in [3.8, 4) is 0 Å². The Kier molecular flexibility index (Phi) is 6.86. The molecule has 2 aromatic heterocycles. The third kappa shape index (κ3) is 5.41. The highest BCUT2D eigenvalue weighted by molar-refractivity contribution is 6.02. The van der Waals surface area contributed by atoms with E-state index in [4.69, 9.17) is 0 Å². The zero-order valence-electron chi connectivity index (χ0n) is 20.1. The molecule has 0 spiro atoms. The van der Waals surface area contributed by atoms with Gasteiger partial charge in [0, 0.05) is 24.8 Å². The van der Waals surface area contributed by atoms with Crippen molar-refractivity contribution in [2.24, 2.45) is 0 Å². The molecule has 1 aromatic carbocycles. The summed E-state index contributed by atoms with van der Waals surface area (Å²) < 4.78 is 0. The molecule has 0 saturated carbocycles. The minimum Gasteiger partial charge on any atom is -0.330 e. The summed E-state index contributed by atoms with van der Waals surface area (Å²) in [6, 6.07) is 17.0. The molecule has 0 radical (unpaired) electrons. The lowest BCUT2D eigenvalue weighted by molar-refractivity contribution is 0.0733. The summed E-state index contributed by atoms with van der Waals surface area (Å²) in [6.07, 6.45) is 5.99. The van der Waals surface area contributed by atoms with E-state index in [1.54, 1.807) is 18.3 Å². The van der Waals surface area contributed by atoms with Crippen LogP contribution in [0.2, 0.25) is 0 Å². The smallest absolute Gasteiger partial charge is 0.275 e. The van der Waals surface area contributed by atoms with E-state index >= 15 is 0 Å². The van der Waals surface area contributed by atoms with Crippen LogP contribution in [0.3, 0.4) is 0 Å². The van der Waals surface area contributed by atoms with E-state index in [1.165, 1.54) is 18.4 Å². The van der Waals surface area contributed by atoms with Crippen molar-refractivity contribution < 1.29 is 9.59 Å². The van der Waals surface area contributed by atoms with Gasteiger partial charge in [-0.05, 0) is 87.2 Å². The number of amides is 2. The minimum absolute atomic E-state index is 0.0146. The van der Waals surface area contributed by atoms with E-state index < -0.39 is 0 Å². The molecule has 1 atom stereocenters. The maximum absolute atomic E-state index is 13.4. The van der Waals surface area contributed by atoms with Crippen LogP contribution >= 0.6 is 0 Å². The van der Waals surface area contributed by atoms with Gasteiger partial charge >= 0.3 is 0 Å². The predicted octanol–water partition coefficient (Wildman–Crippen LogP) is 4.61. The van der Waals surface area contributed by atoms with Gasteiger partial charge in [-0.25, -0.2) is 9.97 Å². The summed E-state index contributed by atoms with van der Waals surface area (Å²) in [5.74, 6) is 0.187. The molecule has 2 fully saturated rings. The van der Waals surface area contributed by atoms with E-state index in [-0.39, 0.29) is 17.9 Å². The number of benzene rings is 1. The van der Waals surface area contributed by atoms with Gasteiger partial charge in [0.2, 0.25) is 0 Å². The van der Waals surface area contributed by atoms with Crippen molar-refractivity contribution in [3.63, 3.8) is 0 Å². The average molecular weight is 470 g/mol. The fraction of sp³-hybridized carbons (Fsp3) is 0.357. The monoisotopic (exact) mass is 469 g/mol. The number of aromatic nitrogens is 2. The number of carbonyl (C=O) groups is 2. The molecule has 0 bridgehead atoms. The molecule has 2 amide bonds. The van der Waals surface area contributed by atoms with Crippen LogP contribution in [0.15, 0.2) is 60.8 Å². The number of nitrogens with one attached hydrogen (secondary N) is 1. The van der Waals surface area contributed by atoms with Crippen LogP contribution in [0.5, 0.6) is 0 Å². The quantitative estimate of drug-likeness (QED) is 0.570. The SMILES string of the molecule is Cc1ccc(NC(=O)c2cccc(C3CCCN3C(=O)c3ccc(CN4CCCC4)cc3)n2)nc1. The van der Waals surface area contributed by atoms with Crippen LogP contribution in [0.1, 0.15) is 69.4 Å². The number of rotatable bonds is 6. The van der Waals surface area contributed by atoms with Crippen LogP contribution in [0.25, 0.3) is 0 Å². The van der Waals surface area contributed by atoms with Crippen molar-refractivity contribution in [3.05, 3.63) is 88.9 Å². The number of pyridine rings is 2. The molecule has 0 aliphatic carbocycles. The number of anilines is 1. The van der Waals surface area contributed by atoms with Gasteiger partial charge < -0.3 is 10.2 Å². The normalized spacial score (nSPS) is 18.1. The molecule has 7 nitrogen and oxygen atoms in total. The number of hydrogen-bond acceptors (Lipinski definition) is 5. The van der Waals surface area contributed by atoms with Crippen molar-refractivity contribution >= 4 is 17.6 Å². The highest BCUT2D eigenvalue weighted by atomic mass is 16.2. The highest BCUT2D eigenvalue weighted by Crippen LogP contribution is 2.32. The van der Waals surface area contributed by atoms with Crippen molar-refractivity contribution in [2.45, 2.75) is 45.2 Å². The fourth-order valence-corrected chi connectivity index (χ4v) is 4.92. The van der Waals surface area contributed by atoms with Gasteiger partial charge in [-0.3, -0.25) is 14.5 Å². The molecule has 5 rings (SSSR count). The van der Waals surface area contributed by atoms with Gasteiger partial charge in [-0.2, -0.15) is 0 Å². The first-order valence-corrected chi connectivity index (χ1v) is 12.4. The second kappa shape index (κ2) is 10.4. The third-order valence-corrected chi connectivity index (χ3v) is 6.82. The molecule has 2 saturated heterocycles. The summed E-state index contributed by atoms with van der Waals surface area (Å²) in [6.45, 7) is 5.88. The first kappa shape index (κ1) is 23.2. The standard InChI is InChI=1S/C28H31N5O2/c1-20-9-14-26(29-18-20)31-27(34)24-7-4-6-23(30-24)25-8-5-17-33(25)28(35)22-12-10-21(11-13-22)19-32-15-2-3-16-32/h4,6-7,9-14,18,25H,2-3,5,8,15-17,19H2,1H3,(H,29,31,34). The molecule has 2 aliphatic heterocycles. The maximum atomic E-state index is 13.4. The summed E-state index contributed by atoms with van der Waals surface area (Å²) in [7, 11) is 0. The first-order chi connectivity index (χ1) is 17.1. The maximum Gasteiger partial charge on any atom is 0.275 e. The van der Waals surface area contributed by atoms with E-state index in [2.05, 4.69) is 32.3 Å². The molecular formula is C28H31N5O2. The Morgan fingerprint density at radius 1 is 0.971 bits per heavy atom. The second-order valence-electron chi connectivity index (χ2n) is 9.46. The third-order valence-electron chi connectivity index (χ3n) is 6.82. The van der Waals surface area contributed by atoms with Crippen LogP contribution in [0.4, 0.5) is 5.82 Å². The van der Waals surface area contributed by atoms with Crippen LogP contribution in [-0.2, 0) is 6.54 Å². The Labute approximate surface area is 206 Å². The molecule has 180 valence electrons. The van der Waals surface area contributed by atoms with Gasteiger partial charge in [0.25, 0.3) is 11.8 Å². The Balaban J connectivity index is 1.28. The molecule has 35 heavy (non-hydrogen) atoms. The zero-order chi connectivity index (χ0) is 24.2. The van der Waals surface area contributed by atoms with Gasteiger partial charge in [-0.1, -0.05) is 24.3 Å². The van der Waals surface area contributed by atoms with Crippen LogP contribution in [0, 0.1) is 6.92 Å². The molecule has 1 N–H and O–H groups in total. The Bertz CT molecular complexity index is 1190. The van der Waals surface area contributed by atoms with Gasteiger partial charge in [0.1, 0.15) is 11.5 Å². The van der Waals surface area contributed by atoms with E-state index in [0.717, 1.165) is 43.7 Å². The molecule has 3 aromatic rings. The lowest BCUT2D eigenvalue weighted by Gasteiger charge is -2.25. The Morgan fingerprint density at radius 2 is 1.77 bits per heavy atom. The zero-order valence-corrected chi connectivity index (χ0v) is 20.1. The lowest BCUT2D eigenvalue weighted by Crippen LogP contribution is -2.31. The lowest BCUT2D eigenvalue weighted by atomic mass is 10.1. The minimum atomic E-state index is -0.312. The second-order valence-corrected chi connectivity index (χ2v) is 9.46. The highest BCUT2D eigenvalue weighted by Gasteiger charge is 2.32. The van der Waals surface area contributed by atoms with Crippen molar-refractivity contribution in [1.29, 1.82) is 0 Å². The number of hydrogen-bond donors (Lipinski definition) is 1. The van der Waals surface area contributed by atoms with Gasteiger partial charge in [0.05, 0.1) is 11.7 Å². The summed E-state index contributed by atoms with van der Waals surface area (Å²) in [4.78, 5) is 39.3. The predicted molar refractivity (Wildman–Crippen MR) is 135 cm³/mol. The van der Waals surface area contributed by atoms with E-state index in [0.29, 0.717) is 23.6 Å². The topological polar surface area (TPSA) is 78.4 Å². The summed E-state index contributed by atoms with van der Waals surface area (Å²) >= 11 is 0. The van der Waals surface area contributed by atoms with Gasteiger partial charge in [-0.15, -0.1) is 0 Å². The average Bonchev–Trinajstić information content (AvgIpc) is 3.58. The first-order valence-electron chi connectivity index (χ1n) is 12.4. The molecule has 7 heteroatoms. The van der Waals surface area contributed by atoms with E-state index in [1.807, 2.05) is 42.2 Å². The number of likely N-dealkylation sites (tertiary alicyclic amines) is 2. The van der Waals surface area contributed by atoms with Crippen molar-refractivity contribution in [2.75, 3.05) is 25.0 Å². The molecular weight excluding hydrogens is 438 g/mol. The fourth-order valence-electron chi connectivity index (χ4n) is 4.92. The Hall–Kier alpha value is -3.58. The molecule has 1 unspecified atom stereocenters. The van der Waals surface area contributed by atoms with E-state index in [9.17, 15) is 9.59 Å². The Morgan fingerprint density at radius 3 is 2.51 bits per heavy atom. The van der Waals surface area contributed by atoms with Crippen LogP contribution < -0.4 is 5.32 Å². The number of carbonyl (C=O) groups excluding carboxylic acids is 2. The molecule has 4 heterocycles.